The van der Waals surface area contributed by atoms with Gasteiger partial charge in [-0.2, -0.15) is 11.8 Å². The van der Waals surface area contributed by atoms with Gasteiger partial charge in [0.15, 0.2) is 0 Å². The Kier molecular flexibility index (Phi) is 14.7. The van der Waals surface area contributed by atoms with E-state index in [1.807, 2.05) is 17.8 Å². The number of rotatable bonds is 18. The summed E-state index contributed by atoms with van der Waals surface area (Å²) in [5, 5.41) is 0. The molecule has 3 rings (SSSR count). The molecule has 0 bridgehead atoms. The van der Waals surface area contributed by atoms with Crippen LogP contribution in [0.15, 0.2) is 91.0 Å². The van der Waals surface area contributed by atoms with Crippen LogP contribution >= 0.6 is 35.3 Å². The quantitative estimate of drug-likeness (QED) is 0.0930. The van der Waals surface area contributed by atoms with E-state index in [2.05, 4.69) is 84.9 Å². The first-order valence-corrected chi connectivity index (χ1v) is 16.2. The smallest absolute Gasteiger partial charge is 0.329 e. The summed E-state index contributed by atoms with van der Waals surface area (Å²) in [5.41, 5.74) is 4.08. The summed E-state index contributed by atoms with van der Waals surface area (Å²) in [6.45, 7) is 0.502. The maximum atomic E-state index is 12.9. The second kappa shape index (κ2) is 18.4. The molecule has 0 fully saturated rings. The number of thioether (sulfide) groups is 3. The molecule has 5 heteroatoms. The molecule has 0 aliphatic heterocycles. The van der Waals surface area contributed by atoms with E-state index < -0.39 is 0 Å². The summed E-state index contributed by atoms with van der Waals surface area (Å²) < 4.78 is 5.54. The van der Waals surface area contributed by atoms with Crippen molar-refractivity contribution in [3.63, 3.8) is 0 Å². The Hall–Kier alpha value is -1.82. The molecule has 0 spiro atoms. The Morgan fingerprint density at radius 3 is 1.72 bits per heavy atom. The molecule has 2 nitrogen and oxygen atoms in total. The van der Waals surface area contributed by atoms with Crippen LogP contribution < -0.4 is 0 Å². The maximum absolute atomic E-state index is 12.9. The van der Waals surface area contributed by atoms with Crippen molar-refractivity contribution in [2.75, 3.05) is 29.6 Å². The number of carbonyl (C=O) groups is 1. The first-order valence-electron chi connectivity index (χ1n) is 12.9. The van der Waals surface area contributed by atoms with E-state index in [0.29, 0.717) is 6.61 Å². The molecule has 36 heavy (non-hydrogen) atoms. The lowest BCUT2D eigenvalue weighted by molar-refractivity contribution is -0.140. The minimum absolute atomic E-state index is 0.0672. The normalized spacial score (nSPS) is 11.8. The van der Waals surface area contributed by atoms with Gasteiger partial charge in [0.2, 0.25) is 0 Å². The molecule has 3 aromatic carbocycles. The van der Waals surface area contributed by atoms with Gasteiger partial charge in [0, 0.05) is 5.75 Å². The van der Waals surface area contributed by atoms with E-state index in [9.17, 15) is 4.79 Å². The Morgan fingerprint density at radius 1 is 0.583 bits per heavy atom. The fourth-order valence-electron chi connectivity index (χ4n) is 3.77. The van der Waals surface area contributed by atoms with E-state index in [0.717, 1.165) is 48.7 Å². The van der Waals surface area contributed by atoms with E-state index in [1.54, 1.807) is 23.5 Å². The Labute approximate surface area is 230 Å². The molecular formula is C31H38O2S3. The number of hydrogen-bond donors (Lipinski definition) is 0. The van der Waals surface area contributed by atoms with Crippen LogP contribution in [0.5, 0.6) is 0 Å². The van der Waals surface area contributed by atoms with Gasteiger partial charge < -0.3 is 4.74 Å². The Morgan fingerprint density at radius 2 is 1.11 bits per heavy atom. The largest absolute Gasteiger partial charge is 0.463 e. The molecule has 0 aliphatic rings. The van der Waals surface area contributed by atoms with E-state index >= 15 is 0 Å². The molecule has 0 saturated carbocycles. The summed E-state index contributed by atoms with van der Waals surface area (Å²) >= 11 is 5.35. The molecule has 0 heterocycles. The lowest BCUT2D eigenvalue weighted by Gasteiger charge is -2.16. The minimum Gasteiger partial charge on any atom is -0.463 e. The van der Waals surface area contributed by atoms with Gasteiger partial charge in [-0.25, -0.2) is 4.79 Å². The van der Waals surface area contributed by atoms with Crippen molar-refractivity contribution in [1.29, 1.82) is 0 Å². The molecule has 1 unspecified atom stereocenters. The molecule has 0 amide bonds. The predicted molar refractivity (Wildman–Crippen MR) is 161 cm³/mol. The minimum atomic E-state index is -0.152. The van der Waals surface area contributed by atoms with Crippen molar-refractivity contribution in [2.24, 2.45) is 0 Å². The van der Waals surface area contributed by atoms with Crippen molar-refractivity contribution in [3.8, 4) is 0 Å². The molecule has 3 aromatic rings. The van der Waals surface area contributed by atoms with Crippen LogP contribution in [0.4, 0.5) is 0 Å². The highest BCUT2D eigenvalue weighted by molar-refractivity contribution is 8.18. The van der Waals surface area contributed by atoms with Gasteiger partial charge in [-0.15, -0.1) is 23.5 Å². The Bertz CT molecular complexity index is 951. The average molecular weight is 539 g/mol. The second-order valence-electron chi connectivity index (χ2n) is 8.62. The monoisotopic (exact) mass is 538 g/mol. The van der Waals surface area contributed by atoms with Crippen LogP contribution in [-0.2, 0) is 28.8 Å². The third kappa shape index (κ3) is 12.4. The first-order chi connectivity index (χ1) is 17.8. The third-order valence-corrected chi connectivity index (χ3v) is 9.54. The van der Waals surface area contributed by atoms with E-state index in [-0.39, 0.29) is 10.6 Å². The van der Waals surface area contributed by atoms with Crippen LogP contribution in [0.2, 0.25) is 0 Å². The maximum Gasteiger partial charge on any atom is 0.329 e. The van der Waals surface area contributed by atoms with Crippen molar-refractivity contribution in [3.05, 3.63) is 108 Å². The predicted octanol–water partition coefficient (Wildman–Crippen LogP) is 7.95. The van der Waals surface area contributed by atoms with Crippen molar-refractivity contribution < 1.29 is 9.53 Å². The number of carbonyl (C=O) groups excluding carboxylic acids is 1. The fraction of sp³-hybridized carbons (Fsp3) is 0.387. The van der Waals surface area contributed by atoms with Crippen LogP contribution in [0.3, 0.4) is 0 Å². The molecule has 0 N–H and O–H groups in total. The van der Waals surface area contributed by atoms with E-state index in [1.165, 1.54) is 29.5 Å². The lowest BCUT2D eigenvalue weighted by atomic mass is 10.1. The van der Waals surface area contributed by atoms with Crippen molar-refractivity contribution in [2.45, 2.75) is 43.1 Å². The number of benzene rings is 3. The van der Waals surface area contributed by atoms with Crippen LogP contribution in [-0.4, -0.2) is 40.2 Å². The Balaban J connectivity index is 1.32. The lowest BCUT2D eigenvalue weighted by Crippen LogP contribution is -2.20. The molecule has 1 atom stereocenters. The fourth-order valence-corrected chi connectivity index (χ4v) is 7.05. The number of hydrogen-bond acceptors (Lipinski definition) is 5. The number of ether oxygens (including phenoxy) is 1. The summed E-state index contributed by atoms with van der Waals surface area (Å²) in [7, 11) is 0. The number of aryl methyl sites for hydroxylation is 3. The molecular weight excluding hydrogens is 501 g/mol. The summed E-state index contributed by atoms with van der Waals surface area (Å²) in [6, 6.07) is 31.7. The number of unbranched alkanes of at least 4 members (excludes halogenated alkanes) is 1. The molecule has 0 aromatic heterocycles. The number of esters is 1. The van der Waals surface area contributed by atoms with Gasteiger partial charge >= 0.3 is 5.97 Å². The zero-order valence-electron chi connectivity index (χ0n) is 21.1. The standard InChI is InChI=1S/C31H38O2S3/c32-30(33-22-26-34-23-11-10-19-27-13-4-1-5-14-27)31(36-25-21-29-17-8-3-9-18-29)35-24-12-20-28-15-6-2-7-16-28/h1-9,13-18,31H,10-12,19-26H2. The SMILES string of the molecule is O=C(OCCSCCCCc1ccccc1)C(SCCCc1ccccc1)SCCc1ccccc1. The van der Waals surface area contributed by atoms with Gasteiger partial charge in [-0.3, -0.25) is 0 Å². The zero-order valence-corrected chi connectivity index (χ0v) is 23.5. The summed E-state index contributed by atoms with van der Waals surface area (Å²) in [6.07, 6.45) is 6.62. The van der Waals surface area contributed by atoms with Crippen LogP contribution in [0, 0.1) is 0 Å². The van der Waals surface area contributed by atoms with Gasteiger partial charge in [0.25, 0.3) is 0 Å². The highest BCUT2D eigenvalue weighted by Crippen LogP contribution is 2.27. The van der Waals surface area contributed by atoms with Gasteiger partial charge in [0.05, 0.1) is 0 Å². The molecule has 0 aliphatic carbocycles. The van der Waals surface area contributed by atoms with E-state index in [4.69, 9.17) is 4.74 Å². The van der Waals surface area contributed by atoms with Crippen molar-refractivity contribution in [1.82, 2.24) is 0 Å². The highest BCUT2D eigenvalue weighted by Gasteiger charge is 2.21. The van der Waals surface area contributed by atoms with Gasteiger partial charge in [-0.05, 0) is 72.5 Å². The van der Waals surface area contributed by atoms with Crippen LogP contribution in [0.25, 0.3) is 0 Å². The molecule has 0 radical (unpaired) electrons. The molecule has 192 valence electrons. The second-order valence-corrected chi connectivity index (χ2v) is 12.6. The van der Waals surface area contributed by atoms with Gasteiger partial charge in [0.1, 0.15) is 11.2 Å². The first kappa shape index (κ1) is 28.7. The topological polar surface area (TPSA) is 26.3 Å². The van der Waals surface area contributed by atoms with Crippen molar-refractivity contribution >= 4 is 41.3 Å². The zero-order chi connectivity index (χ0) is 25.1. The van der Waals surface area contributed by atoms with Gasteiger partial charge in [-0.1, -0.05) is 91.0 Å². The average Bonchev–Trinajstić information content (AvgIpc) is 2.93. The van der Waals surface area contributed by atoms with Crippen LogP contribution in [0.1, 0.15) is 36.0 Å². The summed E-state index contributed by atoms with van der Waals surface area (Å²) in [5.74, 6) is 3.81. The highest BCUT2D eigenvalue weighted by atomic mass is 32.2. The summed E-state index contributed by atoms with van der Waals surface area (Å²) in [4.78, 5) is 12.9. The third-order valence-electron chi connectivity index (χ3n) is 5.74. The molecule has 0 saturated heterocycles.